The van der Waals surface area contributed by atoms with Crippen molar-refractivity contribution in [2.75, 3.05) is 6.54 Å². The largest absolute Gasteiger partial charge is 0.330 e. The normalized spacial score (nSPS) is 14.5. The number of rotatable bonds is 6. The van der Waals surface area contributed by atoms with Crippen molar-refractivity contribution in [3.63, 3.8) is 0 Å². The predicted octanol–water partition coefficient (Wildman–Crippen LogP) is 5.02. The van der Waals surface area contributed by atoms with E-state index >= 15 is 0 Å². The Morgan fingerprint density at radius 2 is 2.18 bits per heavy atom. The molecule has 0 aromatic heterocycles. The quantitative estimate of drug-likeness (QED) is 0.675. The summed E-state index contributed by atoms with van der Waals surface area (Å²) in [7, 11) is 0. The molecule has 1 aliphatic heterocycles. The lowest BCUT2D eigenvalue weighted by atomic mass is 10.1. The molecular weight excluding hydrogens is 294 g/mol. The van der Waals surface area contributed by atoms with Gasteiger partial charge in [-0.25, -0.2) is 0 Å². The lowest BCUT2D eigenvalue weighted by Crippen LogP contribution is -2.26. The fraction of sp³-hybridized carbons (Fsp3) is 0.211. The van der Waals surface area contributed by atoms with Crippen molar-refractivity contribution in [3.05, 3.63) is 76.9 Å². The molecule has 0 radical (unpaired) electrons. The van der Waals surface area contributed by atoms with E-state index < -0.39 is 0 Å². The van der Waals surface area contributed by atoms with E-state index in [1.807, 2.05) is 18.2 Å². The first-order valence-corrected chi connectivity index (χ1v) is 7.70. The van der Waals surface area contributed by atoms with Gasteiger partial charge in [0.2, 0.25) is 0 Å². The molecule has 1 amide bonds. The molecule has 1 aliphatic rings. The number of carbonyl (C=O) groups is 1. The summed E-state index contributed by atoms with van der Waals surface area (Å²) in [4.78, 5) is 14.4. The highest BCUT2D eigenvalue weighted by Gasteiger charge is 2.30. The van der Waals surface area contributed by atoms with Gasteiger partial charge in [-0.2, -0.15) is 0 Å². The van der Waals surface area contributed by atoms with Crippen molar-refractivity contribution < 1.29 is 4.79 Å². The fourth-order valence-electron chi connectivity index (χ4n) is 2.53. The minimum atomic E-state index is -0.0181. The van der Waals surface area contributed by atoms with E-state index in [1.165, 1.54) is 0 Å². The Kier molecular flexibility index (Phi) is 5.40. The van der Waals surface area contributed by atoms with Crippen molar-refractivity contribution in [2.45, 2.75) is 19.9 Å². The summed E-state index contributed by atoms with van der Waals surface area (Å²) in [6, 6.07) is 3.76. The van der Waals surface area contributed by atoms with Gasteiger partial charge < -0.3 is 4.90 Å². The lowest BCUT2D eigenvalue weighted by molar-refractivity contribution is 0.0793. The summed E-state index contributed by atoms with van der Waals surface area (Å²) in [5, 5.41) is 0.498. The van der Waals surface area contributed by atoms with E-state index in [-0.39, 0.29) is 5.91 Å². The van der Waals surface area contributed by atoms with Crippen LogP contribution >= 0.6 is 11.6 Å². The topological polar surface area (TPSA) is 20.3 Å². The summed E-state index contributed by atoms with van der Waals surface area (Å²) >= 11 is 6.26. The first-order chi connectivity index (χ1) is 10.6. The van der Waals surface area contributed by atoms with E-state index in [0.717, 1.165) is 23.1 Å². The minimum Gasteiger partial charge on any atom is -0.330 e. The van der Waals surface area contributed by atoms with Crippen LogP contribution in [0.3, 0.4) is 0 Å². The third-order valence-electron chi connectivity index (χ3n) is 3.57. The summed E-state index contributed by atoms with van der Waals surface area (Å²) < 4.78 is 0. The molecule has 114 valence electrons. The highest BCUT2D eigenvalue weighted by atomic mass is 35.5. The van der Waals surface area contributed by atoms with Gasteiger partial charge in [0.25, 0.3) is 5.91 Å². The fourth-order valence-corrected chi connectivity index (χ4v) is 2.86. The van der Waals surface area contributed by atoms with Crippen LogP contribution in [0.4, 0.5) is 0 Å². The number of carbonyl (C=O) groups excluding carboxylic acids is 1. The highest BCUT2D eigenvalue weighted by molar-refractivity contribution is 6.34. The maximum atomic E-state index is 12.6. The van der Waals surface area contributed by atoms with E-state index in [2.05, 4.69) is 26.2 Å². The molecule has 0 saturated carbocycles. The van der Waals surface area contributed by atoms with Crippen LogP contribution in [0.2, 0.25) is 5.02 Å². The van der Waals surface area contributed by atoms with Gasteiger partial charge in [-0.05, 0) is 35.3 Å². The number of benzene rings is 1. The minimum absolute atomic E-state index is 0.0181. The maximum absolute atomic E-state index is 12.6. The molecule has 0 N–H and O–H groups in total. The van der Waals surface area contributed by atoms with Crippen molar-refractivity contribution in [2.24, 2.45) is 0 Å². The second kappa shape index (κ2) is 7.28. The van der Waals surface area contributed by atoms with Crippen LogP contribution in [0.5, 0.6) is 0 Å². The molecule has 0 saturated heterocycles. The third kappa shape index (κ3) is 3.40. The SMILES string of the molecule is C=C/C=C(\C=C/CC)CN1Cc2cc(C=C)cc(Cl)c2C1=O. The Hall–Kier alpha value is -2.06. The standard InChI is InChI=1S/C19H20ClNO/c1-4-7-9-15(8-5-2)12-21-13-16-10-14(6-3)11-17(20)18(16)19(21)22/h5-11H,2-4,12-13H2,1H3/b9-7-,15-8+. The van der Waals surface area contributed by atoms with Gasteiger partial charge in [-0.1, -0.05) is 62.1 Å². The summed E-state index contributed by atoms with van der Waals surface area (Å²) in [5.41, 5.74) is 3.57. The monoisotopic (exact) mass is 313 g/mol. The zero-order valence-electron chi connectivity index (χ0n) is 12.8. The van der Waals surface area contributed by atoms with Crippen molar-refractivity contribution in [1.29, 1.82) is 0 Å². The number of hydrogen-bond acceptors (Lipinski definition) is 1. The van der Waals surface area contributed by atoms with Gasteiger partial charge in [-0.15, -0.1) is 0 Å². The molecule has 0 aliphatic carbocycles. The van der Waals surface area contributed by atoms with Gasteiger partial charge in [0.15, 0.2) is 0 Å². The zero-order valence-corrected chi connectivity index (χ0v) is 13.6. The summed E-state index contributed by atoms with van der Waals surface area (Å²) in [6.45, 7) is 10.7. The Balaban J connectivity index is 2.26. The molecule has 0 bridgehead atoms. The van der Waals surface area contributed by atoms with Crippen LogP contribution in [0.25, 0.3) is 6.08 Å². The van der Waals surface area contributed by atoms with Crippen LogP contribution in [0.15, 0.2) is 55.2 Å². The molecule has 0 spiro atoms. The van der Waals surface area contributed by atoms with E-state index in [0.29, 0.717) is 23.7 Å². The molecule has 0 unspecified atom stereocenters. The van der Waals surface area contributed by atoms with Gasteiger partial charge >= 0.3 is 0 Å². The number of hydrogen-bond donors (Lipinski definition) is 0. The van der Waals surface area contributed by atoms with Crippen molar-refractivity contribution >= 4 is 23.6 Å². The van der Waals surface area contributed by atoms with Crippen molar-refractivity contribution in [3.8, 4) is 0 Å². The van der Waals surface area contributed by atoms with Gasteiger partial charge in [0, 0.05) is 13.1 Å². The molecule has 2 nitrogen and oxygen atoms in total. The predicted molar refractivity (Wildman–Crippen MR) is 94.0 cm³/mol. The first-order valence-electron chi connectivity index (χ1n) is 7.33. The Morgan fingerprint density at radius 3 is 2.82 bits per heavy atom. The number of fused-ring (bicyclic) bond motifs is 1. The molecule has 2 rings (SSSR count). The van der Waals surface area contributed by atoms with E-state index in [1.54, 1.807) is 23.1 Å². The number of halogens is 1. The Bertz CT molecular complexity index is 670. The van der Waals surface area contributed by atoms with Crippen LogP contribution in [0.1, 0.15) is 34.8 Å². The van der Waals surface area contributed by atoms with Crippen molar-refractivity contribution in [1.82, 2.24) is 4.90 Å². The Labute approximate surface area is 137 Å². The molecule has 0 fully saturated rings. The van der Waals surface area contributed by atoms with Gasteiger partial charge in [0.1, 0.15) is 0 Å². The third-order valence-corrected chi connectivity index (χ3v) is 3.86. The van der Waals surface area contributed by atoms with E-state index in [4.69, 9.17) is 11.6 Å². The first kappa shape index (κ1) is 16.3. The highest BCUT2D eigenvalue weighted by Crippen LogP contribution is 2.31. The van der Waals surface area contributed by atoms with Crippen LogP contribution in [0, 0.1) is 0 Å². The summed E-state index contributed by atoms with van der Waals surface area (Å²) in [6.07, 6.45) is 10.5. The zero-order chi connectivity index (χ0) is 16.1. The van der Waals surface area contributed by atoms with Gasteiger partial charge in [-0.3, -0.25) is 4.79 Å². The Morgan fingerprint density at radius 1 is 1.41 bits per heavy atom. The molecule has 0 atom stereocenters. The molecule has 1 aromatic carbocycles. The average molecular weight is 314 g/mol. The lowest BCUT2D eigenvalue weighted by Gasteiger charge is -2.16. The molecule has 22 heavy (non-hydrogen) atoms. The number of nitrogens with zero attached hydrogens (tertiary/aromatic N) is 1. The number of amides is 1. The molecular formula is C19H20ClNO. The number of allylic oxidation sites excluding steroid dienone is 3. The van der Waals surface area contributed by atoms with Crippen LogP contribution in [-0.4, -0.2) is 17.4 Å². The van der Waals surface area contributed by atoms with Crippen LogP contribution in [-0.2, 0) is 6.54 Å². The summed E-state index contributed by atoms with van der Waals surface area (Å²) in [5.74, 6) is -0.0181. The average Bonchev–Trinajstić information content (AvgIpc) is 2.81. The van der Waals surface area contributed by atoms with Crippen LogP contribution < -0.4 is 0 Å². The molecule has 3 heteroatoms. The second-order valence-electron chi connectivity index (χ2n) is 5.19. The smallest absolute Gasteiger partial charge is 0.256 e. The molecule has 1 aromatic rings. The maximum Gasteiger partial charge on any atom is 0.256 e. The second-order valence-corrected chi connectivity index (χ2v) is 5.60. The van der Waals surface area contributed by atoms with Gasteiger partial charge in [0.05, 0.1) is 10.6 Å². The molecule has 1 heterocycles. The van der Waals surface area contributed by atoms with E-state index in [9.17, 15) is 4.79 Å².